The van der Waals surface area contributed by atoms with Gasteiger partial charge in [-0.05, 0) is 17.7 Å². The lowest BCUT2D eigenvalue weighted by Gasteiger charge is -2.18. The van der Waals surface area contributed by atoms with Crippen molar-refractivity contribution in [2.24, 2.45) is 5.92 Å². The fourth-order valence-corrected chi connectivity index (χ4v) is 3.25. The summed E-state index contributed by atoms with van der Waals surface area (Å²) >= 11 is 0. The summed E-state index contributed by atoms with van der Waals surface area (Å²) in [5.74, 6) is -3.32. The molecule has 148 valence electrons. The van der Waals surface area contributed by atoms with Crippen molar-refractivity contribution in [3.8, 4) is 5.88 Å². The molecule has 1 N–H and O–H groups in total. The summed E-state index contributed by atoms with van der Waals surface area (Å²) in [6, 6.07) is 11.7. The molecule has 1 saturated heterocycles. The van der Waals surface area contributed by atoms with E-state index in [9.17, 15) is 27.9 Å². The van der Waals surface area contributed by atoms with Gasteiger partial charge in [0.15, 0.2) is 6.61 Å². The molecule has 0 aliphatic carbocycles. The molecule has 0 unspecified atom stereocenters. The van der Waals surface area contributed by atoms with Crippen molar-refractivity contribution in [1.82, 2.24) is 9.88 Å². The predicted molar refractivity (Wildman–Crippen MR) is 92.0 cm³/mol. The average Bonchev–Trinajstić information content (AvgIpc) is 3.12. The van der Waals surface area contributed by atoms with Gasteiger partial charge in [-0.2, -0.15) is 13.2 Å². The van der Waals surface area contributed by atoms with Crippen LogP contribution >= 0.6 is 0 Å². The minimum absolute atomic E-state index is 0.0542. The number of likely N-dealkylation sites (tertiary alicyclic amines) is 1. The molecule has 1 amide bonds. The number of aliphatic carboxylic acids is 1. The molecule has 2 heterocycles. The normalized spacial score (nSPS) is 19.5. The van der Waals surface area contributed by atoms with E-state index in [0.717, 1.165) is 5.56 Å². The van der Waals surface area contributed by atoms with Crippen LogP contribution in [-0.4, -0.2) is 52.7 Å². The smallest absolute Gasteiger partial charge is 0.422 e. The van der Waals surface area contributed by atoms with Gasteiger partial charge in [0.2, 0.25) is 5.88 Å². The van der Waals surface area contributed by atoms with Gasteiger partial charge in [0.25, 0.3) is 5.91 Å². The lowest BCUT2D eigenvalue weighted by Crippen LogP contribution is -2.31. The first-order valence-corrected chi connectivity index (χ1v) is 8.48. The van der Waals surface area contributed by atoms with Gasteiger partial charge in [0.1, 0.15) is 5.56 Å². The maximum absolute atomic E-state index is 12.9. The third-order valence-electron chi connectivity index (χ3n) is 4.53. The van der Waals surface area contributed by atoms with Crippen molar-refractivity contribution in [3.63, 3.8) is 0 Å². The summed E-state index contributed by atoms with van der Waals surface area (Å²) in [4.78, 5) is 29.6. The number of amides is 1. The van der Waals surface area contributed by atoms with E-state index in [1.165, 1.54) is 23.2 Å². The number of halogens is 3. The molecule has 2 atom stereocenters. The number of hydrogen-bond acceptors (Lipinski definition) is 4. The van der Waals surface area contributed by atoms with Crippen LogP contribution in [0.15, 0.2) is 48.7 Å². The molecule has 9 heteroatoms. The number of rotatable bonds is 5. The lowest BCUT2D eigenvalue weighted by atomic mass is 9.89. The Kier molecular flexibility index (Phi) is 5.53. The average molecular weight is 394 g/mol. The number of benzene rings is 1. The van der Waals surface area contributed by atoms with Crippen LogP contribution in [0.5, 0.6) is 5.88 Å². The van der Waals surface area contributed by atoms with E-state index in [0.29, 0.717) is 0 Å². The topological polar surface area (TPSA) is 79.7 Å². The molecule has 1 aromatic carbocycles. The summed E-state index contributed by atoms with van der Waals surface area (Å²) in [6.07, 6.45) is -3.35. The van der Waals surface area contributed by atoms with E-state index in [4.69, 9.17) is 0 Å². The van der Waals surface area contributed by atoms with E-state index in [1.54, 1.807) is 30.3 Å². The molecule has 0 radical (unpaired) electrons. The van der Waals surface area contributed by atoms with E-state index in [1.807, 2.05) is 0 Å². The van der Waals surface area contributed by atoms with Crippen LogP contribution in [0, 0.1) is 5.92 Å². The molecule has 1 aliphatic heterocycles. The van der Waals surface area contributed by atoms with Crippen molar-refractivity contribution in [3.05, 3.63) is 59.8 Å². The summed E-state index contributed by atoms with van der Waals surface area (Å²) in [5.41, 5.74) is 0.648. The van der Waals surface area contributed by atoms with Crippen molar-refractivity contribution in [2.75, 3.05) is 19.7 Å². The molecule has 3 rings (SSSR count). The van der Waals surface area contributed by atoms with Crippen LogP contribution in [0.3, 0.4) is 0 Å². The van der Waals surface area contributed by atoms with Gasteiger partial charge >= 0.3 is 12.1 Å². The van der Waals surface area contributed by atoms with Crippen molar-refractivity contribution >= 4 is 11.9 Å². The highest BCUT2D eigenvalue weighted by Gasteiger charge is 2.41. The molecular weight excluding hydrogens is 377 g/mol. The summed E-state index contributed by atoms with van der Waals surface area (Å²) in [6.45, 7) is -1.50. The Morgan fingerprint density at radius 3 is 2.50 bits per heavy atom. The monoisotopic (exact) mass is 394 g/mol. The standard InChI is InChI=1S/C19H17F3N2O4/c20-19(21,22)11-28-16-13(7-4-8-23-16)17(25)24-9-14(15(10-24)18(26)27)12-5-2-1-3-6-12/h1-8,14-15H,9-11H2,(H,26,27)/t14-,15-/m1/s1. The highest BCUT2D eigenvalue weighted by atomic mass is 19.4. The number of carboxylic acids is 1. The lowest BCUT2D eigenvalue weighted by molar-refractivity contribution is -0.154. The zero-order chi connectivity index (χ0) is 20.3. The first kappa shape index (κ1) is 19.7. The molecule has 0 saturated carbocycles. The first-order chi connectivity index (χ1) is 13.3. The highest BCUT2D eigenvalue weighted by Crippen LogP contribution is 2.34. The number of carboxylic acid groups (broad SMARTS) is 1. The number of carbonyl (C=O) groups excluding carboxylic acids is 1. The van der Waals surface area contributed by atoms with Crippen LogP contribution in [0.1, 0.15) is 21.8 Å². The molecule has 1 aliphatic rings. The van der Waals surface area contributed by atoms with Crippen LogP contribution in [0.2, 0.25) is 0 Å². The number of aromatic nitrogens is 1. The Morgan fingerprint density at radius 1 is 1.14 bits per heavy atom. The Labute approximate surface area is 158 Å². The van der Waals surface area contributed by atoms with Crippen LogP contribution < -0.4 is 4.74 Å². The van der Waals surface area contributed by atoms with Gasteiger partial charge in [-0.1, -0.05) is 30.3 Å². The van der Waals surface area contributed by atoms with E-state index in [2.05, 4.69) is 9.72 Å². The Balaban J connectivity index is 1.83. The second-order valence-corrected chi connectivity index (χ2v) is 6.43. The van der Waals surface area contributed by atoms with Crippen LogP contribution in [-0.2, 0) is 4.79 Å². The minimum Gasteiger partial charge on any atom is -0.481 e. The van der Waals surface area contributed by atoms with Crippen LogP contribution in [0.25, 0.3) is 0 Å². The van der Waals surface area contributed by atoms with Gasteiger partial charge in [-0.15, -0.1) is 0 Å². The number of alkyl halides is 3. The van der Waals surface area contributed by atoms with Gasteiger partial charge in [-0.25, -0.2) is 4.98 Å². The molecular formula is C19H17F3N2O4. The number of ether oxygens (including phenoxy) is 1. The maximum Gasteiger partial charge on any atom is 0.422 e. The zero-order valence-electron chi connectivity index (χ0n) is 14.6. The zero-order valence-corrected chi connectivity index (χ0v) is 14.6. The Morgan fingerprint density at radius 2 is 1.86 bits per heavy atom. The fourth-order valence-electron chi connectivity index (χ4n) is 3.25. The SMILES string of the molecule is O=C(O)[C@@H]1CN(C(=O)c2cccnc2OCC(F)(F)F)C[C@@H]1c1ccccc1. The molecule has 2 aromatic rings. The molecule has 0 bridgehead atoms. The Hall–Kier alpha value is -3.10. The van der Waals surface area contributed by atoms with E-state index < -0.39 is 42.4 Å². The van der Waals surface area contributed by atoms with Gasteiger partial charge < -0.3 is 14.7 Å². The third-order valence-corrected chi connectivity index (χ3v) is 4.53. The van der Waals surface area contributed by atoms with E-state index >= 15 is 0 Å². The van der Waals surface area contributed by atoms with E-state index in [-0.39, 0.29) is 18.7 Å². The quantitative estimate of drug-likeness (QED) is 0.844. The maximum atomic E-state index is 12.9. The fraction of sp³-hybridized carbons (Fsp3) is 0.316. The number of pyridine rings is 1. The number of hydrogen-bond donors (Lipinski definition) is 1. The molecule has 28 heavy (non-hydrogen) atoms. The largest absolute Gasteiger partial charge is 0.481 e. The second-order valence-electron chi connectivity index (χ2n) is 6.43. The molecule has 1 aromatic heterocycles. The summed E-state index contributed by atoms with van der Waals surface area (Å²) < 4.78 is 42.0. The van der Waals surface area contributed by atoms with Crippen molar-refractivity contribution < 1.29 is 32.6 Å². The predicted octanol–water partition coefficient (Wildman–Crippen LogP) is 2.96. The van der Waals surface area contributed by atoms with Crippen LogP contribution in [0.4, 0.5) is 13.2 Å². The number of nitrogens with zero attached hydrogens (tertiary/aromatic N) is 2. The minimum atomic E-state index is -4.57. The highest BCUT2D eigenvalue weighted by molar-refractivity contribution is 5.97. The Bertz CT molecular complexity index is 858. The van der Waals surface area contributed by atoms with Crippen molar-refractivity contribution in [2.45, 2.75) is 12.1 Å². The first-order valence-electron chi connectivity index (χ1n) is 8.48. The van der Waals surface area contributed by atoms with Gasteiger partial charge in [-0.3, -0.25) is 9.59 Å². The summed E-state index contributed by atoms with van der Waals surface area (Å²) in [7, 11) is 0. The molecule has 6 nitrogen and oxygen atoms in total. The van der Waals surface area contributed by atoms with Crippen molar-refractivity contribution in [1.29, 1.82) is 0 Å². The second kappa shape index (κ2) is 7.87. The van der Waals surface area contributed by atoms with Gasteiger partial charge in [0, 0.05) is 25.2 Å². The molecule has 1 fully saturated rings. The van der Waals surface area contributed by atoms with Gasteiger partial charge in [0.05, 0.1) is 5.92 Å². The summed E-state index contributed by atoms with van der Waals surface area (Å²) in [5, 5.41) is 9.54. The third kappa shape index (κ3) is 4.41. The molecule has 0 spiro atoms. The number of carbonyl (C=O) groups is 2.